The van der Waals surface area contributed by atoms with E-state index in [2.05, 4.69) is 11.8 Å². The van der Waals surface area contributed by atoms with Gasteiger partial charge in [0.15, 0.2) is 0 Å². The highest BCUT2D eigenvalue weighted by Gasteiger charge is 2.05. The number of benzene rings is 1. The van der Waals surface area contributed by atoms with Crippen LogP contribution in [0.25, 0.3) is 0 Å². The van der Waals surface area contributed by atoms with Gasteiger partial charge in [-0.05, 0) is 32.9 Å². The predicted octanol–water partition coefficient (Wildman–Crippen LogP) is 2.62. The lowest BCUT2D eigenvalue weighted by Crippen LogP contribution is -2.03. The van der Waals surface area contributed by atoms with Crippen LogP contribution in [0.15, 0.2) is 18.2 Å². The zero-order valence-electron chi connectivity index (χ0n) is 11.4. The highest BCUT2D eigenvalue weighted by molar-refractivity contribution is 5.40. The van der Waals surface area contributed by atoms with E-state index in [0.29, 0.717) is 18.1 Å². The van der Waals surface area contributed by atoms with E-state index in [0.717, 1.165) is 5.56 Å². The number of methoxy groups -OCH3 is 1. The minimum atomic E-state index is -0.0635. The van der Waals surface area contributed by atoms with E-state index in [9.17, 15) is 5.11 Å². The van der Waals surface area contributed by atoms with Crippen molar-refractivity contribution in [3.8, 4) is 23.3 Å². The molecule has 0 heterocycles. The second kappa shape index (κ2) is 6.32. The molecule has 18 heavy (non-hydrogen) atoms. The molecule has 1 aromatic carbocycles. The Hall–Kier alpha value is -1.66. The third kappa shape index (κ3) is 4.68. The predicted molar refractivity (Wildman–Crippen MR) is 71.6 cm³/mol. The fourth-order valence-corrected chi connectivity index (χ4v) is 1.34. The molecular formula is C15H20O3. The summed E-state index contributed by atoms with van der Waals surface area (Å²) in [7, 11) is 1.59. The number of rotatable bonds is 4. The Bertz CT molecular complexity index is 447. The molecule has 98 valence electrons. The van der Waals surface area contributed by atoms with E-state index >= 15 is 0 Å². The van der Waals surface area contributed by atoms with Crippen molar-refractivity contribution < 1.29 is 14.6 Å². The van der Waals surface area contributed by atoms with Gasteiger partial charge in [-0.1, -0.05) is 11.8 Å². The highest BCUT2D eigenvalue weighted by atomic mass is 16.5. The van der Waals surface area contributed by atoms with Crippen LogP contribution in [-0.4, -0.2) is 18.8 Å². The summed E-state index contributed by atoms with van der Waals surface area (Å²) in [6, 6.07) is 5.33. The lowest BCUT2D eigenvalue weighted by atomic mass is 9.98. The number of hydrogen-bond donors (Lipinski definition) is 1. The van der Waals surface area contributed by atoms with Crippen molar-refractivity contribution in [3.05, 3.63) is 23.8 Å². The summed E-state index contributed by atoms with van der Waals surface area (Å²) >= 11 is 0. The molecule has 1 aromatic rings. The van der Waals surface area contributed by atoms with E-state index < -0.39 is 0 Å². The molecule has 0 saturated heterocycles. The van der Waals surface area contributed by atoms with Crippen LogP contribution in [0, 0.1) is 17.3 Å². The second-order valence-electron chi connectivity index (χ2n) is 4.97. The fraction of sp³-hybridized carbons (Fsp3) is 0.467. The monoisotopic (exact) mass is 248 g/mol. The van der Waals surface area contributed by atoms with Crippen LogP contribution >= 0.6 is 0 Å². The summed E-state index contributed by atoms with van der Waals surface area (Å²) in [5, 5.41) is 9.21. The summed E-state index contributed by atoms with van der Waals surface area (Å²) in [6.45, 7) is 6.38. The zero-order valence-corrected chi connectivity index (χ0v) is 11.4. The van der Waals surface area contributed by atoms with E-state index in [1.54, 1.807) is 25.3 Å². The minimum absolute atomic E-state index is 0.0302. The molecule has 0 unspecified atom stereocenters. The van der Waals surface area contributed by atoms with Crippen molar-refractivity contribution in [2.75, 3.05) is 13.7 Å². The van der Waals surface area contributed by atoms with Gasteiger partial charge in [0.2, 0.25) is 0 Å². The van der Waals surface area contributed by atoms with Crippen LogP contribution in [0.2, 0.25) is 0 Å². The van der Waals surface area contributed by atoms with Gasteiger partial charge in [0.25, 0.3) is 0 Å². The number of hydrogen-bond acceptors (Lipinski definition) is 3. The van der Waals surface area contributed by atoms with Crippen molar-refractivity contribution in [1.82, 2.24) is 0 Å². The Labute approximate surface area is 109 Å². The first kappa shape index (κ1) is 14.4. The lowest BCUT2D eigenvalue weighted by molar-refractivity contribution is 0.270. The van der Waals surface area contributed by atoms with Gasteiger partial charge in [-0.25, -0.2) is 0 Å². The van der Waals surface area contributed by atoms with Gasteiger partial charge in [0, 0.05) is 17.0 Å². The van der Waals surface area contributed by atoms with Gasteiger partial charge in [-0.15, -0.1) is 0 Å². The normalized spacial score (nSPS) is 10.5. The second-order valence-corrected chi connectivity index (χ2v) is 4.97. The Morgan fingerprint density at radius 3 is 2.56 bits per heavy atom. The molecule has 0 aromatic heterocycles. The average molecular weight is 248 g/mol. The van der Waals surface area contributed by atoms with Crippen molar-refractivity contribution in [2.24, 2.45) is 5.41 Å². The minimum Gasteiger partial charge on any atom is -0.497 e. The summed E-state index contributed by atoms with van der Waals surface area (Å²) in [6.07, 6.45) is 0. The number of ether oxygens (including phenoxy) is 2. The first-order chi connectivity index (χ1) is 8.46. The third-order valence-corrected chi connectivity index (χ3v) is 2.21. The molecular weight excluding hydrogens is 228 g/mol. The van der Waals surface area contributed by atoms with E-state index in [4.69, 9.17) is 9.47 Å². The van der Waals surface area contributed by atoms with Crippen LogP contribution in [-0.2, 0) is 6.61 Å². The molecule has 0 radical (unpaired) electrons. The van der Waals surface area contributed by atoms with Crippen molar-refractivity contribution in [1.29, 1.82) is 0 Å². The van der Waals surface area contributed by atoms with Gasteiger partial charge in [0.1, 0.15) is 18.1 Å². The standard InChI is InChI=1S/C15H20O3/c1-15(2,3)8-5-9-18-14-10-13(17-4)7-6-12(14)11-16/h6-7,10,16H,9,11H2,1-4H3. The van der Waals surface area contributed by atoms with Crippen molar-refractivity contribution in [2.45, 2.75) is 27.4 Å². The first-order valence-electron chi connectivity index (χ1n) is 5.87. The maximum atomic E-state index is 9.21. The largest absolute Gasteiger partial charge is 0.497 e. The molecule has 1 N–H and O–H groups in total. The topological polar surface area (TPSA) is 38.7 Å². The maximum Gasteiger partial charge on any atom is 0.149 e. The SMILES string of the molecule is COc1ccc(CO)c(OCC#CC(C)(C)C)c1. The molecule has 0 spiro atoms. The van der Waals surface area contributed by atoms with E-state index in [-0.39, 0.29) is 12.0 Å². The van der Waals surface area contributed by atoms with Crippen molar-refractivity contribution >= 4 is 0 Å². The van der Waals surface area contributed by atoms with Crippen LogP contribution in [0.3, 0.4) is 0 Å². The number of aliphatic hydroxyl groups excluding tert-OH is 1. The van der Waals surface area contributed by atoms with Crippen LogP contribution in [0.5, 0.6) is 11.5 Å². The molecule has 0 saturated carbocycles. The molecule has 0 fully saturated rings. The van der Waals surface area contributed by atoms with Gasteiger partial charge in [0.05, 0.1) is 13.7 Å². The molecule has 0 aliphatic heterocycles. The molecule has 0 aliphatic carbocycles. The zero-order chi connectivity index (χ0) is 13.6. The maximum absolute atomic E-state index is 9.21. The first-order valence-corrected chi connectivity index (χ1v) is 5.87. The van der Waals surface area contributed by atoms with Gasteiger partial charge in [-0.2, -0.15) is 0 Å². The van der Waals surface area contributed by atoms with Crippen LogP contribution < -0.4 is 9.47 Å². The van der Waals surface area contributed by atoms with Crippen molar-refractivity contribution in [3.63, 3.8) is 0 Å². The molecule has 0 amide bonds. The third-order valence-electron chi connectivity index (χ3n) is 2.21. The Kier molecular flexibility index (Phi) is 5.06. The Balaban J connectivity index is 2.73. The smallest absolute Gasteiger partial charge is 0.149 e. The molecule has 0 bridgehead atoms. The Morgan fingerprint density at radius 1 is 1.28 bits per heavy atom. The molecule has 1 rings (SSSR count). The van der Waals surface area contributed by atoms with Gasteiger partial charge < -0.3 is 14.6 Å². The van der Waals surface area contributed by atoms with E-state index in [1.807, 2.05) is 20.8 Å². The average Bonchev–Trinajstić information content (AvgIpc) is 2.33. The summed E-state index contributed by atoms with van der Waals surface area (Å²) in [5.41, 5.74) is 0.700. The van der Waals surface area contributed by atoms with Gasteiger partial charge >= 0.3 is 0 Å². The van der Waals surface area contributed by atoms with Gasteiger partial charge in [-0.3, -0.25) is 0 Å². The summed E-state index contributed by atoms with van der Waals surface area (Å²) in [5.74, 6) is 7.37. The fourth-order valence-electron chi connectivity index (χ4n) is 1.34. The number of aliphatic hydroxyl groups is 1. The van der Waals surface area contributed by atoms with E-state index in [1.165, 1.54) is 0 Å². The highest BCUT2D eigenvalue weighted by Crippen LogP contribution is 2.24. The Morgan fingerprint density at radius 2 is 2.00 bits per heavy atom. The quantitative estimate of drug-likeness (QED) is 0.832. The summed E-state index contributed by atoms with van der Waals surface area (Å²) < 4.78 is 10.7. The molecule has 3 nitrogen and oxygen atoms in total. The molecule has 0 atom stereocenters. The lowest BCUT2D eigenvalue weighted by Gasteiger charge is -2.10. The molecule has 3 heteroatoms. The van der Waals surface area contributed by atoms with Crippen LogP contribution in [0.1, 0.15) is 26.3 Å². The van der Waals surface area contributed by atoms with Crippen LogP contribution in [0.4, 0.5) is 0 Å². The molecule has 0 aliphatic rings. The summed E-state index contributed by atoms with van der Waals surface area (Å²) in [4.78, 5) is 0.